The van der Waals surface area contributed by atoms with Gasteiger partial charge in [-0.25, -0.2) is 0 Å². The Morgan fingerprint density at radius 1 is 1.32 bits per heavy atom. The molecular weight excluding hydrogens is 350 g/mol. The summed E-state index contributed by atoms with van der Waals surface area (Å²) in [4.78, 5) is 13.9. The lowest BCUT2D eigenvalue weighted by Crippen LogP contribution is -2.09. The summed E-state index contributed by atoms with van der Waals surface area (Å²) in [6.45, 7) is 4.00. The predicted molar refractivity (Wildman–Crippen MR) is 85.5 cm³/mol. The molecule has 0 bridgehead atoms. The van der Waals surface area contributed by atoms with Crippen molar-refractivity contribution in [3.05, 3.63) is 44.7 Å². The summed E-state index contributed by atoms with van der Waals surface area (Å²) in [5.74, 6) is -0.426. The van der Waals surface area contributed by atoms with Crippen molar-refractivity contribution in [1.29, 1.82) is 5.26 Å². The molecule has 0 unspecified atom stereocenters. The Labute approximate surface area is 134 Å². The molecule has 7 heteroatoms. The van der Waals surface area contributed by atoms with Crippen LogP contribution in [0.15, 0.2) is 38.1 Å². The molecule has 0 amide bonds. The first-order chi connectivity index (χ1) is 10.6. The molecule has 3 aromatic rings. The Morgan fingerprint density at radius 3 is 2.55 bits per heavy atom. The maximum Gasteiger partial charge on any atom is 0.272 e. The van der Waals surface area contributed by atoms with Crippen molar-refractivity contribution in [2.24, 2.45) is 0 Å². The third-order valence-corrected chi connectivity index (χ3v) is 3.38. The summed E-state index contributed by atoms with van der Waals surface area (Å²) in [7, 11) is 0. The first kappa shape index (κ1) is 15.8. The first-order valence-electron chi connectivity index (χ1n) is 6.52. The second kappa shape index (κ2) is 6.45. The fraction of sp³-hybridized carbons (Fsp3) is 0.133. The normalized spacial score (nSPS) is 9.91. The minimum atomic E-state index is -0.712. The van der Waals surface area contributed by atoms with Crippen LogP contribution in [0.5, 0.6) is 5.75 Å². The number of aromatic amines is 1. The van der Waals surface area contributed by atoms with E-state index in [2.05, 4.69) is 26.1 Å². The van der Waals surface area contributed by atoms with Crippen LogP contribution in [0.25, 0.3) is 22.4 Å². The van der Waals surface area contributed by atoms with Crippen molar-refractivity contribution in [2.75, 3.05) is 0 Å². The van der Waals surface area contributed by atoms with Crippen LogP contribution in [0, 0.1) is 11.3 Å². The number of nitriles is 1. The molecule has 2 heterocycles. The van der Waals surface area contributed by atoms with E-state index in [9.17, 15) is 9.90 Å². The maximum atomic E-state index is 11.5. The zero-order valence-electron chi connectivity index (χ0n) is 11.8. The summed E-state index contributed by atoms with van der Waals surface area (Å²) < 4.78 is 5.90. The Kier molecular flexibility index (Phi) is 4.63. The van der Waals surface area contributed by atoms with Crippen LogP contribution in [-0.4, -0.2) is 15.2 Å². The SMILES string of the molecule is CC.N#Cc1c(O)c2c(-c3ccc(Br)cc3)noc2[nH]c1=O. The van der Waals surface area contributed by atoms with Crippen molar-refractivity contribution in [3.63, 3.8) is 0 Å². The molecule has 112 valence electrons. The number of aromatic hydroxyl groups is 1. The van der Waals surface area contributed by atoms with Gasteiger partial charge in [0.15, 0.2) is 11.3 Å². The number of benzene rings is 1. The van der Waals surface area contributed by atoms with E-state index < -0.39 is 11.3 Å². The summed E-state index contributed by atoms with van der Waals surface area (Å²) in [5, 5.41) is 23.0. The van der Waals surface area contributed by atoms with Crippen LogP contribution in [0.3, 0.4) is 0 Å². The second-order valence-corrected chi connectivity index (χ2v) is 4.95. The lowest BCUT2D eigenvalue weighted by Gasteiger charge is -2.00. The lowest BCUT2D eigenvalue weighted by atomic mass is 10.1. The van der Waals surface area contributed by atoms with Gasteiger partial charge >= 0.3 is 0 Å². The molecule has 2 N–H and O–H groups in total. The number of aromatic nitrogens is 2. The number of hydrogen-bond donors (Lipinski definition) is 2. The standard InChI is InChI=1S/C13H6BrN3O3.C2H6/c14-7-3-1-6(2-4-7)10-9-11(18)8(5-15)12(19)16-13(9)20-17-10;1-2/h1-4H,(H2,16,18,19);1-2H3. The van der Waals surface area contributed by atoms with Gasteiger partial charge in [-0.05, 0) is 12.1 Å². The van der Waals surface area contributed by atoms with Crippen molar-refractivity contribution in [2.45, 2.75) is 13.8 Å². The Bertz CT molecular complexity index is 905. The zero-order valence-corrected chi connectivity index (χ0v) is 13.4. The number of hydrogen-bond acceptors (Lipinski definition) is 5. The van der Waals surface area contributed by atoms with Gasteiger partial charge in [0.05, 0.1) is 0 Å². The molecular formula is C15H12BrN3O3. The number of fused-ring (bicyclic) bond motifs is 1. The summed E-state index contributed by atoms with van der Waals surface area (Å²) >= 11 is 3.32. The monoisotopic (exact) mass is 361 g/mol. The molecule has 0 aliphatic carbocycles. The molecule has 0 fully saturated rings. The van der Waals surface area contributed by atoms with E-state index in [0.717, 1.165) is 4.47 Å². The third-order valence-electron chi connectivity index (χ3n) is 2.85. The number of H-pyrrole nitrogens is 1. The summed E-state index contributed by atoms with van der Waals surface area (Å²) in [6.07, 6.45) is 0. The highest BCUT2D eigenvalue weighted by Crippen LogP contribution is 2.34. The van der Waals surface area contributed by atoms with E-state index in [4.69, 9.17) is 9.78 Å². The quantitative estimate of drug-likeness (QED) is 0.689. The van der Waals surface area contributed by atoms with Gasteiger partial charge in [-0.15, -0.1) is 0 Å². The van der Waals surface area contributed by atoms with Crippen LogP contribution < -0.4 is 5.56 Å². The molecule has 0 spiro atoms. The third kappa shape index (κ3) is 2.61. The highest BCUT2D eigenvalue weighted by molar-refractivity contribution is 9.10. The molecule has 6 nitrogen and oxygen atoms in total. The number of rotatable bonds is 1. The van der Waals surface area contributed by atoms with Gasteiger partial charge in [0.25, 0.3) is 5.56 Å². The van der Waals surface area contributed by atoms with E-state index in [0.29, 0.717) is 11.3 Å². The largest absolute Gasteiger partial charge is 0.505 e. The molecule has 0 saturated heterocycles. The van der Waals surface area contributed by atoms with Crippen LogP contribution in [0.2, 0.25) is 0 Å². The van der Waals surface area contributed by atoms with Crippen molar-refractivity contribution in [3.8, 4) is 23.1 Å². The first-order valence-corrected chi connectivity index (χ1v) is 7.31. The maximum absolute atomic E-state index is 11.5. The molecule has 0 saturated carbocycles. The summed E-state index contributed by atoms with van der Waals surface area (Å²) in [5.41, 5.74) is 0.00965. The fourth-order valence-corrected chi connectivity index (χ4v) is 2.17. The molecule has 1 aromatic carbocycles. The summed E-state index contributed by atoms with van der Waals surface area (Å²) in [6, 6.07) is 8.83. The van der Waals surface area contributed by atoms with E-state index in [1.807, 2.05) is 26.0 Å². The molecule has 0 atom stereocenters. The van der Waals surface area contributed by atoms with Gasteiger partial charge in [0.1, 0.15) is 17.1 Å². The Hall–Kier alpha value is -2.59. The number of nitrogens with one attached hydrogen (secondary N) is 1. The minimum Gasteiger partial charge on any atom is -0.505 e. The van der Waals surface area contributed by atoms with Crippen LogP contribution in [-0.2, 0) is 0 Å². The Balaban J connectivity index is 0.000000847. The fourth-order valence-electron chi connectivity index (χ4n) is 1.90. The van der Waals surface area contributed by atoms with Crippen LogP contribution in [0.4, 0.5) is 0 Å². The average Bonchev–Trinajstić information content (AvgIpc) is 2.94. The molecule has 0 aliphatic rings. The van der Waals surface area contributed by atoms with E-state index in [1.54, 1.807) is 18.2 Å². The van der Waals surface area contributed by atoms with E-state index in [1.165, 1.54) is 0 Å². The van der Waals surface area contributed by atoms with E-state index >= 15 is 0 Å². The molecule has 22 heavy (non-hydrogen) atoms. The van der Waals surface area contributed by atoms with Gasteiger partial charge in [-0.2, -0.15) is 5.26 Å². The van der Waals surface area contributed by atoms with Crippen molar-refractivity contribution in [1.82, 2.24) is 10.1 Å². The predicted octanol–water partition coefficient (Wildman–Crippen LogP) is 3.55. The average molecular weight is 362 g/mol. The zero-order chi connectivity index (χ0) is 16.3. The molecule has 0 aliphatic heterocycles. The molecule has 0 radical (unpaired) electrons. The molecule has 3 rings (SSSR count). The minimum absolute atomic E-state index is 0.0319. The van der Waals surface area contributed by atoms with Crippen molar-refractivity contribution < 1.29 is 9.63 Å². The lowest BCUT2D eigenvalue weighted by molar-refractivity contribution is 0.449. The van der Waals surface area contributed by atoms with Gasteiger partial charge in [-0.3, -0.25) is 9.78 Å². The topological polar surface area (TPSA) is 103 Å². The molecule has 2 aromatic heterocycles. The van der Waals surface area contributed by atoms with Crippen LogP contribution in [0.1, 0.15) is 19.4 Å². The highest BCUT2D eigenvalue weighted by Gasteiger charge is 2.20. The smallest absolute Gasteiger partial charge is 0.272 e. The second-order valence-electron chi connectivity index (χ2n) is 4.03. The number of pyridine rings is 1. The Morgan fingerprint density at radius 2 is 1.95 bits per heavy atom. The number of nitrogens with zero attached hydrogens (tertiary/aromatic N) is 2. The van der Waals surface area contributed by atoms with E-state index in [-0.39, 0.29) is 16.7 Å². The van der Waals surface area contributed by atoms with Gasteiger partial charge in [0, 0.05) is 10.0 Å². The van der Waals surface area contributed by atoms with Crippen molar-refractivity contribution >= 4 is 27.0 Å². The highest BCUT2D eigenvalue weighted by atomic mass is 79.9. The van der Waals surface area contributed by atoms with Gasteiger partial charge < -0.3 is 9.63 Å². The van der Waals surface area contributed by atoms with Gasteiger partial charge in [-0.1, -0.05) is 47.1 Å². The van der Waals surface area contributed by atoms with Crippen LogP contribution >= 0.6 is 15.9 Å². The number of halogens is 1. The van der Waals surface area contributed by atoms with Gasteiger partial charge in [0.2, 0.25) is 5.71 Å².